The molecule has 0 aliphatic heterocycles. The largest absolute Gasteiger partial charge is 0.480 e. The number of halogens is 2. The Labute approximate surface area is 147 Å². The highest BCUT2D eigenvalue weighted by molar-refractivity contribution is 6.30. The molecule has 0 aliphatic carbocycles. The van der Waals surface area contributed by atoms with Gasteiger partial charge in [0, 0.05) is 30.6 Å². The van der Waals surface area contributed by atoms with E-state index in [0.29, 0.717) is 28.0 Å². The van der Waals surface area contributed by atoms with Crippen LogP contribution in [0.4, 0.5) is 21.6 Å². The van der Waals surface area contributed by atoms with Crippen molar-refractivity contribution in [3.8, 4) is 5.88 Å². The number of benzene rings is 1. The molecule has 0 fully saturated rings. The first-order chi connectivity index (χ1) is 12.0. The zero-order chi connectivity index (χ0) is 18.0. The summed E-state index contributed by atoms with van der Waals surface area (Å²) in [6, 6.07) is 4.52. The maximum Gasteiger partial charge on any atom is 0.227 e. The number of nitrogens with two attached hydrogens (primary N) is 1. The number of hydrogen-bond donors (Lipinski definition) is 2. The molecule has 0 radical (unpaired) electrons. The molecule has 3 rings (SSSR count). The number of nitrogen functional groups attached to an aromatic ring is 1. The molecule has 0 bridgehead atoms. The molecule has 3 N–H and O–H groups in total. The van der Waals surface area contributed by atoms with Crippen LogP contribution in [0.15, 0.2) is 29.5 Å². The third-order valence-electron chi connectivity index (χ3n) is 3.44. The fraction of sp³-hybridized carbons (Fsp3) is 0.125. The lowest BCUT2D eigenvalue weighted by Crippen LogP contribution is -2.03. The Morgan fingerprint density at radius 1 is 1.32 bits per heavy atom. The van der Waals surface area contributed by atoms with Crippen molar-refractivity contribution < 1.29 is 9.13 Å². The van der Waals surface area contributed by atoms with E-state index < -0.39 is 5.82 Å². The highest BCUT2D eigenvalue weighted by Gasteiger charge is 2.14. The zero-order valence-corrected chi connectivity index (χ0v) is 14.2. The minimum absolute atomic E-state index is 0.0229. The highest BCUT2D eigenvalue weighted by Crippen LogP contribution is 2.32. The van der Waals surface area contributed by atoms with Gasteiger partial charge in [-0.1, -0.05) is 11.6 Å². The summed E-state index contributed by atoms with van der Waals surface area (Å²) in [6.45, 7) is 0. The number of ether oxygens (including phenoxy) is 1. The van der Waals surface area contributed by atoms with Crippen LogP contribution in [0.25, 0.3) is 10.9 Å². The van der Waals surface area contributed by atoms with Gasteiger partial charge in [-0.05, 0) is 12.1 Å². The number of pyridine rings is 1. The molecule has 0 aliphatic rings. The van der Waals surface area contributed by atoms with Gasteiger partial charge in [-0.15, -0.1) is 0 Å². The SMILES string of the molecule is CN=Cc1cc(Nc2ncnc3cc(Cl)nc(OC)c23)cc(F)c1N. The van der Waals surface area contributed by atoms with Crippen molar-refractivity contribution in [2.24, 2.45) is 4.99 Å². The number of nitrogens with zero attached hydrogens (tertiary/aromatic N) is 4. The predicted molar refractivity (Wildman–Crippen MR) is 96.5 cm³/mol. The Hall–Kier alpha value is -3.00. The first kappa shape index (κ1) is 16.8. The molecule has 9 heteroatoms. The van der Waals surface area contributed by atoms with Crippen LogP contribution in [0.3, 0.4) is 0 Å². The summed E-state index contributed by atoms with van der Waals surface area (Å²) in [5.41, 5.74) is 7.18. The van der Waals surface area contributed by atoms with Gasteiger partial charge in [0.1, 0.15) is 28.5 Å². The van der Waals surface area contributed by atoms with Gasteiger partial charge < -0.3 is 15.8 Å². The van der Waals surface area contributed by atoms with Crippen LogP contribution in [-0.2, 0) is 0 Å². The minimum atomic E-state index is -0.564. The average molecular weight is 361 g/mol. The third-order valence-corrected chi connectivity index (χ3v) is 3.63. The third kappa shape index (κ3) is 3.29. The fourth-order valence-electron chi connectivity index (χ4n) is 2.35. The molecule has 7 nitrogen and oxygen atoms in total. The van der Waals surface area contributed by atoms with Crippen molar-refractivity contribution in [1.82, 2.24) is 15.0 Å². The summed E-state index contributed by atoms with van der Waals surface area (Å²) in [5, 5.41) is 3.81. The topological polar surface area (TPSA) is 98.3 Å². The van der Waals surface area contributed by atoms with Crippen LogP contribution in [0, 0.1) is 5.82 Å². The van der Waals surface area contributed by atoms with E-state index in [9.17, 15) is 4.39 Å². The van der Waals surface area contributed by atoms with E-state index in [0.717, 1.165) is 0 Å². The fourth-order valence-corrected chi connectivity index (χ4v) is 2.53. The van der Waals surface area contributed by atoms with Crippen molar-refractivity contribution in [2.75, 3.05) is 25.2 Å². The average Bonchev–Trinajstić information content (AvgIpc) is 2.58. The number of nitrogens with one attached hydrogen (secondary N) is 1. The molecule has 0 unspecified atom stereocenters. The summed E-state index contributed by atoms with van der Waals surface area (Å²) in [4.78, 5) is 16.3. The molecule has 1 aromatic carbocycles. The highest BCUT2D eigenvalue weighted by atomic mass is 35.5. The Bertz CT molecular complexity index is 978. The van der Waals surface area contributed by atoms with Crippen LogP contribution >= 0.6 is 11.6 Å². The summed E-state index contributed by atoms with van der Waals surface area (Å²) in [6.07, 6.45) is 2.84. The first-order valence-electron chi connectivity index (χ1n) is 7.17. The van der Waals surface area contributed by atoms with Crippen molar-refractivity contribution in [3.05, 3.63) is 41.1 Å². The molecule has 0 amide bonds. The summed E-state index contributed by atoms with van der Waals surface area (Å²) in [5.74, 6) is 0.0952. The van der Waals surface area contributed by atoms with Gasteiger partial charge in [0.2, 0.25) is 5.88 Å². The number of rotatable bonds is 4. The molecule has 0 saturated carbocycles. The quantitative estimate of drug-likeness (QED) is 0.421. The van der Waals surface area contributed by atoms with E-state index in [1.165, 1.54) is 25.7 Å². The monoisotopic (exact) mass is 360 g/mol. The van der Waals surface area contributed by atoms with Crippen molar-refractivity contribution in [2.45, 2.75) is 0 Å². The molecule has 2 aromatic heterocycles. The number of anilines is 3. The van der Waals surface area contributed by atoms with Crippen LogP contribution < -0.4 is 15.8 Å². The lowest BCUT2D eigenvalue weighted by molar-refractivity contribution is 0.403. The Morgan fingerprint density at radius 2 is 2.12 bits per heavy atom. The van der Waals surface area contributed by atoms with E-state index in [2.05, 4.69) is 25.3 Å². The van der Waals surface area contributed by atoms with Gasteiger partial charge >= 0.3 is 0 Å². The predicted octanol–water partition coefficient (Wildman–Crippen LogP) is 3.20. The summed E-state index contributed by atoms with van der Waals surface area (Å²) >= 11 is 5.96. The second-order valence-corrected chi connectivity index (χ2v) is 5.43. The Balaban J connectivity index is 2.13. The maximum atomic E-state index is 14.1. The first-order valence-corrected chi connectivity index (χ1v) is 7.54. The van der Waals surface area contributed by atoms with Gasteiger partial charge in [0.25, 0.3) is 0 Å². The standard InChI is InChI=1S/C16H14ClFN6O/c1-20-6-8-3-9(4-10(18)14(8)19)23-15-13-11(21-7-22-15)5-12(17)24-16(13)25-2/h3-7H,19H2,1-2H3,(H,21,22,23). The summed E-state index contributed by atoms with van der Waals surface area (Å²) in [7, 11) is 3.04. The van der Waals surface area contributed by atoms with Gasteiger partial charge in [-0.25, -0.2) is 19.3 Å². The number of methoxy groups -OCH3 is 1. The number of hydrogen-bond acceptors (Lipinski definition) is 7. The van der Waals surface area contributed by atoms with Crippen molar-refractivity contribution in [1.29, 1.82) is 0 Å². The number of fused-ring (bicyclic) bond motifs is 1. The number of aromatic nitrogens is 3. The molecule has 25 heavy (non-hydrogen) atoms. The van der Waals surface area contributed by atoms with Crippen LogP contribution in [-0.4, -0.2) is 35.3 Å². The number of aliphatic imine (C=N–C) groups is 1. The second kappa shape index (κ2) is 6.86. The minimum Gasteiger partial charge on any atom is -0.480 e. The van der Waals surface area contributed by atoms with Gasteiger partial charge in [-0.2, -0.15) is 0 Å². The van der Waals surface area contributed by atoms with E-state index in [4.69, 9.17) is 22.1 Å². The Kier molecular flexibility index (Phi) is 4.62. The van der Waals surface area contributed by atoms with Gasteiger partial charge in [0.05, 0.1) is 18.3 Å². The lowest BCUT2D eigenvalue weighted by Gasteiger charge is -2.12. The van der Waals surface area contributed by atoms with Gasteiger partial charge in [0.15, 0.2) is 0 Å². The molecular weight excluding hydrogens is 347 g/mol. The lowest BCUT2D eigenvalue weighted by atomic mass is 10.1. The molecule has 3 aromatic rings. The Morgan fingerprint density at radius 3 is 2.84 bits per heavy atom. The van der Waals surface area contributed by atoms with Gasteiger partial charge in [-0.3, -0.25) is 4.99 Å². The zero-order valence-electron chi connectivity index (χ0n) is 13.4. The van der Waals surface area contributed by atoms with Crippen LogP contribution in [0.1, 0.15) is 5.56 Å². The summed E-state index contributed by atoms with van der Waals surface area (Å²) < 4.78 is 19.3. The molecule has 128 valence electrons. The smallest absolute Gasteiger partial charge is 0.227 e. The maximum absolute atomic E-state index is 14.1. The molecule has 0 atom stereocenters. The van der Waals surface area contributed by atoms with Crippen molar-refractivity contribution >= 4 is 45.9 Å². The van der Waals surface area contributed by atoms with Crippen molar-refractivity contribution in [3.63, 3.8) is 0 Å². The van der Waals surface area contributed by atoms with E-state index in [-0.39, 0.29) is 16.7 Å². The van der Waals surface area contributed by atoms with E-state index in [1.54, 1.807) is 19.2 Å². The molecular formula is C16H14ClFN6O. The normalized spacial score (nSPS) is 11.2. The van der Waals surface area contributed by atoms with E-state index in [1.807, 2.05) is 0 Å². The molecule has 0 saturated heterocycles. The second-order valence-electron chi connectivity index (χ2n) is 5.04. The molecule has 2 heterocycles. The van der Waals surface area contributed by atoms with Crippen LogP contribution in [0.5, 0.6) is 5.88 Å². The van der Waals surface area contributed by atoms with E-state index >= 15 is 0 Å². The van der Waals surface area contributed by atoms with Crippen LogP contribution in [0.2, 0.25) is 5.15 Å². The molecule has 0 spiro atoms.